The minimum atomic E-state index is 0.402. The van der Waals surface area contributed by atoms with Gasteiger partial charge in [-0.15, -0.1) is 11.8 Å². The van der Waals surface area contributed by atoms with E-state index in [1.807, 2.05) is 49.0 Å². The minimum Gasteiger partial charge on any atom is -0.238 e. The van der Waals surface area contributed by atoms with E-state index in [9.17, 15) is 0 Å². The molecule has 0 spiro atoms. The summed E-state index contributed by atoms with van der Waals surface area (Å²) in [5.74, 6) is 0. The average Bonchev–Trinajstić information content (AvgIpc) is 3.32. The summed E-state index contributed by atoms with van der Waals surface area (Å²) in [6, 6.07) is 11.5. The molecule has 0 saturated carbocycles. The van der Waals surface area contributed by atoms with Crippen LogP contribution in [0.15, 0.2) is 46.8 Å². The fourth-order valence-electron chi connectivity index (χ4n) is 3.34. The fourth-order valence-corrected chi connectivity index (χ4v) is 6.08. The van der Waals surface area contributed by atoms with Crippen molar-refractivity contribution in [2.24, 2.45) is 0 Å². The topological polar surface area (TPSA) is 35.1 Å². The van der Waals surface area contributed by atoms with E-state index in [0.29, 0.717) is 21.0 Å². The third kappa shape index (κ3) is 4.72. The Morgan fingerprint density at radius 1 is 1.06 bits per heavy atom. The van der Waals surface area contributed by atoms with Crippen LogP contribution in [0.2, 0.25) is 10.0 Å². The lowest BCUT2D eigenvalue weighted by Crippen LogP contribution is -1.94. The Balaban J connectivity index is 1.80. The molecule has 8 heteroatoms. The van der Waals surface area contributed by atoms with Gasteiger partial charge < -0.3 is 0 Å². The number of aryl methyl sites for hydroxylation is 2. The number of hydrogen-bond donors (Lipinski definition) is 0. The van der Waals surface area contributed by atoms with Crippen LogP contribution in [0.5, 0.6) is 0 Å². The summed E-state index contributed by atoms with van der Waals surface area (Å²) in [6.45, 7) is 15.7. The summed E-state index contributed by atoms with van der Waals surface area (Å²) in [5, 5.41) is 6.94. The predicted octanol–water partition coefficient (Wildman–Crippen LogP) is 8.64. The molecule has 2 aromatic heterocycles. The van der Waals surface area contributed by atoms with Gasteiger partial charge >= 0.3 is 0 Å². The fraction of sp³-hybridized carbons (Fsp3) is 0.208. The number of hydrogen-bond acceptors (Lipinski definition) is 4. The number of benzene rings is 2. The van der Waals surface area contributed by atoms with Gasteiger partial charge in [-0.25, -0.2) is 14.5 Å². The molecule has 2 aromatic carbocycles. The average molecular weight is 499 g/mol. The molecule has 0 saturated heterocycles. The molecular weight excluding hydrogens is 479 g/mol. The molecule has 0 radical (unpaired) electrons. The molecule has 0 fully saturated rings. The molecular formula is C24H20Cl2N4S2. The first kappa shape index (κ1) is 22.9. The lowest BCUT2D eigenvalue weighted by molar-refractivity contribution is 0.853. The Hall–Kier alpha value is -2.30. The van der Waals surface area contributed by atoms with Crippen molar-refractivity contribution in [1.82, 2.24) is 14.8 Å². The van der Waals surface area contributed by atoms with Crippen molar-refractivity contribution in [1.29, 1.82) is 0 Å². The van der Waals surface area contributed by atoms with Gasteiger partial charge in [0.15, 0.2) is 5.69 Å². The monoisotopic (exact) mass is 498 g/mol. The van der Waals surface area contributed by atoms with E-state index in [0.717, 1.165) is 43.0 Å². The highest BCUT2D eigenvalue weighted by atomic mass is 35.5. The van der Waals surface area contributed by atoms with Crippen LogP contribution in [-0.2, 0) is 0 Å². The molecule has 0 amide bonds. The van der Waals surface area contributed by atoms with Crippen LogP contribution in [-0.4, -0.2) is 20.0 Å². The van der Waals surface area contributed by atoms with E-state index in [-0.39, 0.29) is 0 Å². The number of nitrogens with zero attached hydrogens (tertiary/aromatic N) is 4. The van der Waals surface area contributed by atoms with Gasteiger partial charge in [0.1, 0.15) is 0 Å². The molecule has 162 valence electrons. The number of rotatable bonds is 5. The molecule has 0 aliphatic rings. The van der Waals surface area contributed by atoms with Crippen LogP contribution in [0, 0.1) is 20.4 Å². The Labute approximate surface area is 206 Å². The van der Waals surface area contributed by atoms with E-state index in [2.05, 4.69) is 24.8 Å². The number of aromatic nitrogens is 3. The molecule has 4 rings (SSSR count). The minimum absolute atomic E-state index is 0.402. The van der Waals surface area contributed by atoms with Gasteiger partial charge in [0.2, 0.25) is 5.13 Å². The zero-order chi connectivity index (χ0) is 23.0. The standard InChI is InChI=1S/C24H20Cl2N4S2/c1-13(2)31-23-22(16-6-7-20(25)21(26)11-16)28-24(32-23)30-12-19(15(4)29-30)17-8-14(3)9-18(10-17)27-5/h6-13H,1-4H3. The third-order valence-corrected chi connectivity index (χ3v) is 7.71. The maximum Gasteiger partial charge on any atom is 0.211 e. The molecule has 0 unspecified atom stereocenters. The Morgan fingerprint density at radius 3 is 2.53 bits per heavy atom. The normalized spacial score (nSPS) is 11.2. The highest BCUT2D eigenvalue weighted by Crippen LogP contribution is 2.41. The van der Waals surface area contributed by atoms with Crippen LogP contribution >= 0.6 is 46.3 Å². The van der Waals surface area contributed by atoms with Gasteiger partial charge in [0.25, 0.3) is 0 Å². The van der Waals surface area contributed by atoms with E-state index < -0.39 is 0 Å². The third-order valence-electron chi connectivity index (χ3n) is 4.72. The largest absolute Gasteiger partial charge is 0.238 e. The van der Waals surface area contributed by atoms with Crippen LogP contribution in [0.25, 0.3) is 32.4 Å². The van der Waals surface area contributed by atoms with E-state index in [1.165, 1.54) is 0 Å². The summed E-state index contributed by atoms with van der Waals surface area (Å²) in [5.41, 5.74) is 6.33. The van der Waals surface area contributed by atoms with Crippen LogP contribution in [0.3, 0.4) is 0 Å². The van der Waals surface area contributed by atoms with E-state index in [1.54, 1.807) is 29.2 Å². The van der Waals surface area contributed by atoms with E-state index in [4.69, 9.17) is 39.9 Å². The second kappa shape index (κ2) is 9.29. The summed E-state index contributed by atoms with van der Waals surface area (Å²) < 4.78 is 2.93. The van der Waals surface area contributed by atoms with Crippen molar-refractivity contribution in [2.45, 2.75) is 37.2 Å². The van der Waals surface area contributed by atoms with Gasteiger partial charge in [-0.1, -0.05) is 72.1 Å². The van der Waals surface area contributed by atoms with Crippen molar-refractivity contribution >= 4 is 52.0 Å². The molecule has 0 atom stereocenters. The Bertz CT molecular complexity index is 1350. The SMILES string of the molecule is [C-]#[N+]c1cc(C)cc(-c2cn(-c3nc(-c4ccc(Cl)c(Cl)c4)c(SC(C)C)s3)nc2C)c1. The van der Waals surface area contributed by atoms with Crippen LogP contribution < -0.4 is 0 Å². The second-order valence-electron chi connectivity index (χ2n) is 7.67. The highest BCUT2D eigenvalue weighted by molar-refractivity contribution is 8.01. The Morgan fingerprint density at radius 2 is 1.84 bits per heavy atom. The van der Waals surface area contributed by atoms with Gasteiger partial charge in [0, 0.05) is 22.6 Å². The van der Waals surface area contributed by atoms with Gasteiger partial charge in [0.05, 0.1) is 32.2 Å². The highest BCUT2D eigenvalue weighted by Gasteiger charge is 2.19. The van der Waals surface area contributed by atoms with Crippen molar-refractivity contribution in [3.63, 3.8) is 0 Å². The van der Waals surface area contributed by atoms with Gasteiger partial charge in [-0.05, 0) is 37.6 Å². The molecule has 0 aliphatic heterocycles. The number of halogens is 2. The van der Waals surface area contributed by atoms with Crippen LogP contribution in [0.4, 0.5) is 5.69 Å². The quantitative estimate of drug-likeness (QED) is 0.204. The molecule has 4 nitrogen and oxygen atoms in total. The van der Waals surface area contributed by atoms with E-state index >= 15 is 0 Å². The molecule has 0 N–H and O–H groups in total. The lowest BCUT2D eigenvalue weighted by atomic mass is 10.0. The predicted molar refractivity (Wildman–Crippen MR) is 137 cm³/mol. The number of thioether (sulfide) groups is 1. The first-order chi connectivity index (χ1) is 15.2. The van der Waals surface area contributed by atoms with Gasteiger partial charge in [-0.2, -0.15) is 5.10 Å². The molecule has 0 bridgehead atoms. The van der Waals surface area contributed by atoms with Crippen molar-refractivity contribution in [2.75, 3.05) is 0 Å². The van der Waals surface area contributed by atoms with Crippen molar-refractivity contribution < 1.29 is 0 Å². The maximum atomic E-state index is 7.36. The Kier molecular flexibility index (Phi) is 6.64. The maximum absolute atomic E-state index is 7.36. The summed E-state index contributed by atoms with van der Waals surface area (Å²) in [4.78, 5) is 8.51. The second-order valence-corrected chi connectivity index (χ2v) is 11.3. The first-order valence-corrected chi connectivity index (χ1v) is 12.4. The summed E-state index contributed by atoms with van der Waals surface area (Å²) >= 11 is 15.8. The van der Waals surface area contributed by atoms with Gasteiger partial charge in [-0.3, -0.25) is 0 Å². The van der Waals surface area contributed by atoms with Crippen molar-refractivity contribution in [3.05, 3.63) is 75.3 Å². The zero-order valence-corrected chi connectivity index (χ0v) is 21.1. The van der Waals surface area contributed by atoms with Crippen LogP contribution in [0.1, 0.15) is 25.1 Å². The smallest absolute Gasteiger partial charge is 0.211 e. The lowest BCUT2D eigenvalue weighted by Gasteiger charge is -2.05. The molecule has 2 heterocycles. The van der Waals surface area contributed by atoms with Crippen molar-refractivity contribution in [3.8, 4) is 27.5 Å². The number of thiazole rings is 1. The molecule has 0 aliphatic carbocycles. The summed E-state index contributed by atoms with van der Waals surface area (Å²) in [6.07, 6.45) is 1.99. The molecule has 4 aromatic rings. The molecule has 32 heavy (non-hydrogen) atoms. The zero-order valence-electron chi connectivity index (χ0n) is 18.0. The first-order valence-electron chi connectivity index (χ1n) is 9.94. The summed E-state index contributed by atoms with van der Waals surface area (Å²) in [7, 11) is 0.